The minimum Gasteiger partial charge on any atom is -0.348 e. The van der Waals surface area contributed by atoms with E-state index in [4.69, 9.17) is 0 Å². The molecule has 5 nitrogen and oxygen atoms in total. The molecule has 0 aromatic heterocycles. The fraction of sp³-hybridized carbons (Fsp3) is 0.240. The summed E-state index contributed by atoms with van der Waals surface area (Å²) in [7, 11) is -3.85. The monoisotopic (exact) mass is 468 g/mol. The molecule has 168 valence electrons. The summed E-state index contributed by atoms with van der Waals surface area (Å²) in [6.07, 6.45) is 2.01. The second-order valence-corrected chi connectivity index (χ2v) is 10.5. The molecule has 0 fully saturated rings. The Kier molecular flexibility index (Phi) is 8.12. The van der Waals surface area contributed by atoms with Crippen molar-refractivity contribution in [3.05, 3.63) is 95.6 Å². The molecule has 3 aromatic carbocycles. The normalized spacial score (nSPS) is 12.5. The van der Waals surface area contributed by atoms with Crippen molar-refractivity contribution in [3.8, 4) is 0 Å². The van der Waals surface area contributed by atoms with Crippen molar-refractivity contribution in [3.63, 3.8) is 0 Å². The molecule has 32 heavy (non-hydrogen) atoms. The molecule has 0 spiro atoms. The number of amides is 1. The van der Waals surface area contributed by atoms with E-state index >= 15 is 0 Å². The van der Waals surface area contributed by atoms with Crippen LogP contribution in [0.4, 0.5) is 0 Å². The van der Waals surface area contributed by atoms with Gasteiger partial charge in [-0.25, -0.2) is 8.42 Å². The van der Waals surface area contributed by atoms with E-state index in [1.54, 1.807) is 36.0 Å². The van der Waals surface area contributed by atoms with Crippen molar-refractivity contribution in [1.82, 2.24) is 9.62 Å². The van der Waals surface area contributed by atoms with E-state index in [1.165, 1.54) is 4.31 Å². The fourth-order valence-corrected chi connectivity index (χ4v) is 5.09. The maximum absolute atomic E-state index is 13.4. The number of hydrogen-bond acceptors (Lipinski definition) is 4. The summed E-state index contributed by atoms with van der Waals surface area (Å²) in [5.41, 5.74) is 2.75. The lowest BCUT2D eigenvalue weighted by molar-refractivity contribution is -0.122. The maximum atomic E-state index is 13.4. The van der Waals surface area contributed by atoms with Crippen LogP contribution in [0.3, 0.4) is 0 Å². The van der Waals surface area contributed by atoms with Gasteiger partial charge in [-0.3, -0.25) is 4.79 Å². The molecule has 7 heteroatoms. The average Bonchev–Trinajstić information content (AvgIpc) is 2.79. The molecule has 0 bridgehead atoms. The van der Waals surface area contributed by atoms with Gasteiger partial charge in [0.05, 0.1) is 17.5 Å². The van der Waals surface area contributed by atoms with Crippen LogP contribution in [0.25, 0.3) is 0 Å². The molecule has 1 amide bonds. The van der Waals surface area contributed by atoms with Gasteiger partial charge >= 0.3 is 0 Å². The van der Waals surface area contributed by atoms with Crippen molar-refractivity contribution in [2.45, 2.75) is 36.2 Å². The lowest BCUT2D eigenvalue weighted by Gasteiger charge is -2.23. The highest BCUT2D eigenvalue weighted by molar-refractivity contribution is 7.98. The molecular formula is C25H28N2O3S2. The molecule has 0 aliphatic carbocycles. The maximum Gasteiger partial charge on any atom is 0.243 e. The second-order valence-electron chi connectivity index (χ2n) is 7.63. The number of rotatable bonds is 9. The van der Waals surface area contributed by atoms with Crippen LogP contribution in [0.15, 0.2) is 88.7 Å². The third-order valence-electron chi connectivity index (χ3n) is 5.17. The number of nitrogens with zero attached hydrogens (tertiary/aromatic N) is 1. The zero-order valence-electron chi connectivity index (χ0n) is 18.5. The lowest BCUT2D eigenvalue weighted by Crippen LogP contribution is -2.41. The van der Waals surface area contributed by atoms with Crippen molar-refractivity contribution in [2.75, 3.05) is 12.8 Å². The zero-order valence-corrected chi connectivity index (χ0v) is 20.1. The molecule has 0 aliphatic heterocycles. The van der Waals surface area contributed by atoms with Crippen molar-refractivity contribution in [2.24, 2.45) is 0 Å². The summed E-state index contributed by atoms with van der Waals surface area (Å²) < 4.78 is 27.9. The third kappa shape index (κ3) is 6.22. The van der Waals surface area contributed by atoms with Gasteiger partial charge in [-0.15, -0.1) is 11.8 Å². The molecule has 1 atom stereocenters. The first-order chi connectivity index (χ1) is 15.3. The SMILES string of the molecule is CSc1ccc(C(C)NC(=O)CN(Cc2ccccc2)S(=O)(=O)c2ccc(C)cc2)cc1. The van der Waals surface area contributed by atoms with Gasteiger partial charge in [0.1, 0.15) is 0 Å². The molecule has 0 radical (unpaired) electrons. The summed E-state index contributed by atoms with van der Waals surface area (Å²) in [5.74, 6) is -0.349. The number of nitrogens with one attached hydrogen (secondary N) is 1. The smallest absolute Gasteiger partial charge is 0.243 e. The average molecular weight is 469 g/mol. The Labute approximate surface area is 194 Å². The minimum atomic E-state index is -3.85. The highest BCUT2D eigenvalue weighted by Crippen LogP contribution is 2.21. The molecule has 1 unspecified atom stereocenters. The van der Waals surface area contributed by atoms with Gasteiger partial charge in [-0.05, 0) is 55.5 Å². The number of hydrogen-bond donors (Lipinski definition) is 1. The first-order valence-corrected chi connectivity index (χ1v) is 13.0. The molecule has 3 aromatic rings. The van der Waals surface area contributed by atoms with Gasteiger partial charge in [0, 0.05) is 11.4 Å². The highest BCUT2D eigenvalue weighted by Gasteiger charge is 2.27. The minimum absolute atomic E-state index is 0.112. The van der Waals surface area contributed by atoms with E-state index in [-0.39, 0.29) is 29.9 Å². The standard InChI is InChI=1S/C25H28N2O3S2/c1-19-9-15-24(16-10-19)32(29,30)27(17-21-7-5-4-6-8-21)18-25(28)26-20(2)22-11-13-23(31-3)14-12-22/h4-16,20H,17-18H2,1-3H3,(H,26,28). The summed E-state index contributed by atoms with van der Waals surface area (Å²) in [4.78, 5) is 14.2. The van der Waals surface area contributed by atoms with Crippen molar-refractivity contribution < 1.29 is 13.2 Å². The number of aryl methyl sites for hydroxylation is 1. The van der Waals surface area contributed by atoms with E-state index < -0.39 is 10.0 Å². The fourth-order valence-electron chi connectivity index (χ4n) is 3.30. The van der Waals surface area contributed by atoms with Crippen LogP contribution in [0.2, 0.25) is 0 Å². The Balaban J connectivity index is 1.79. The van der Waals surface area contributed by atoms with Gasteiger partial charge in [0.15, 0.2) is 0 Å². The number of benzene rings is 3. The molecule has 3 rings (SSSR count). The summed E-state index contributed by atoms with van der Waals surface area (Å²) in [6.45, 7) is 3.64. The van der Waals surface area contributed by atoms with Crippen LogP contribution in [0, 0.1) is 6.92 Å². The van der Waals surface area contributed by atoms with Gasteiger partial charge in [0.2, 0.25) is 15.9 Å². The van der Waals surface area contributed by atoms with Crippen LogP contribution in [0.5, 0.6) is 0 Å². The molecule has 0 saturated heterocycles. The topological polar surface area (TPSA) is 66.5 Å². The van der Waals surface area contributed by atoms with E-state index in [1.807, 2.05) is 74.7 Å². The van der Waals surface area contributed by atoms with Crippen molar-refractivity contribution in [1.29, 1.82) is 0 Å². The van der Waals surface area contributed by atoms with E-state index in [0.29, 0.717) is 0 Å². The Hall–Kier alpha value is -2.61. The predicted octanol–water partition coefficient (Wildman–Crippen LogP) is 4.79. The van der Waals surface area contributed by atoms with Gasteiger partial charge in [-0.1, -0.05) is 60.2 Å². The van der Waals surface area contributed by atoms with Crippen LogP contribution in [-0.4, -0.2) is 31.4 Å². The predicted molar refractivity (Wildman–Crippen MR) is 130 cm³/mol. The van der Waals surface area contributed by atoms with Gasteiger partial charge < -0.3 is 5.32 Å². The van der Waals surface area contributed by atoms with Gasteiger partial charge in [0.25, 0.3) is 0 Å². The number of carbonyl (C=O) groups excluding carboxylic acids is 1. The number of sulfonamides is 1. The van der Waals surface area contributed by atoms with E-state index in [0.717, 1.165) is 21.6 Å². The number of carbonyl (C=O) groups is 1. The molecule has 0 heterocycles. The van der Waals surface area contributed by atoms with Crippen LogP contribution < -0.4 is 5.32 Å². The lowest BCUT2D eigenvalue weighted by atomic mass is 10.1. The third-order valence-corrected chi connectivity index (χ3v) is 7.72. The zero-order chi connectivity index (χ0) is 23.1. The van der Waals surface area contributed by atoms with E-state index in [9.17, 15) is 13.2 Å². The molecular weight excluding hydrogens is 440 g/mol. The van der Waals surface area contributed by atoms with Gasteiger partial charge in [-0.2, -0.15) is 4.31 Å². The summed E-state index contributed by atoms with van der Waals surface area (Å²) in [6, 6.07) is 23.7. The highest BCUT2D eigenvalue weighted by atomic mass is 32.2. The number of thioether (sulfide) groups is 1. The largest absolute Gasteiger partial charge is 0.348 e. The molecule has 1 N–H and O–H groups in total. The first kappa shape index (κ1) is 24.0. The Morgan fingerprint density at radius 1 is 0.969 bits per heavy atom. The molecule has 0 aliphatic rings. The Morgan fingerprint density at radius 3 is 2.19 bits per heavy atom. The Bertz CT molecular complexity index is 1130. The van der Waals surface area contributed by atoms with Crippen LogP contribution >= 0.6 is 11.8 Å². The molecule has 0 saturated carbocycles. The van der Waals surface area contributed by atoms with Crippen LogP contribution in [-0.2, 0) is 21.4 Å². The van der Waals surface area contributed by atoms with Crippen LogP contribution in [0.1, 0.15) is 29.7 Å². The summed E-state index contributed by atoms with van der Waals surface area (Å²) >= 11 is 1.65. The summed E-state index contributed by atoms with van der Waals surface area (Å²) in [5, 5.41) is 2.93. The second kappa shape index (κ2) is 10.8. The van der Waals surface area contributed by atoms with Crippen molar-refractivity contribution >= 4 is 27.7 Å². The quantitative estimate of drug-likeness (QED) is 0.459. The first-order valence-electron chi connectivity index (χ1n) is 10.3. The van der Waals surface area contributed by atoms with E-state index in [2.05, 4.69) is 5.32 Å². The Morgan fingerprint density at radius 2 is 1.59 bits per heavy atom.